The van der Waals surface area contributed by atoms with E-state index >= 15 is 0 Å². The van der Waals surface area contributed by atoms with E-state index in [1.165, 1.54) is 6.26 Å². The standard InChI is InChI=1S/C14H20N2O3S/c1-20(18,19)12-7-5-11(6-8-12)10-16-14(17)13-4-2-3-9-15-13/h5-8,13,15H,2-4,9-10H2,1H3,(H,16,17). The summed E-state index contributed by atoms with van der Waals surface area (Å²) < 4.78 is 22.7. The molecule has 0 aromatic heterocycles. The van der Waals surface area contributed by atoms with Crippen LogP contribution in [0.4, 0.5) is 0 Å². The molecule has 0 spiro atoms. The predicted molar refractivity (Wildman–Crippen MR) is 77.0 cm³/mol. The summed E-state index contributed by atoms with van der Waals surface area (Å²) in [5.41, 5.74) is 0.890. The number of piperidine rings is 1. The zero-order valence-corrected chi connectivity index (χ0v) is 12.4. The van der Waals surface area contributed by atoms with Crippen LogP contribution in [-0.2, 0) is 21.2 Å². The number of amides is 1. The first-order valence-corrected chi connectivity index (χ1v) is 8.66. The quantitative estimate of drug-likeness (QED) is 0.863. The van der Waals surface area contributed by atoms with Crippen LogP contribution in [0.15, 0.2) is 29.2 Å². The van der Waals surface area contributed by atoms with Crippen molar-refractivity contribution in [3.63, 3.8) is 0 Å². The Morgan fingerprint density at radius 2 is 2.00 bits per heavy atom. The molecule has 1 unspecified atom stereocenters. The number of carbonyl (C=O) groups is 1. The molecule has 1 heterocycles. The van der Waals surface area contributed by atoms with Crippen LogP contribution in [0, 0.1) is 0 Å². The fourth-order valence-corrected chi connectivity index (χ4v) is 2.87. The molecule has 2 N–H and O–H groups in total. The molecule has 6 heteroatoms. The van der Waals surface area contributed by atoms with E-state index in [2.05, 4.69) is 10.6 Å². The van der Waals surface area contributed by atoms with Gasteiger partial charge in [0.2, 0.25) is 5.91 Å². The molecular formula is C14H20N2O3S. The molecule has 1 aromatic carbocycles. The second-order valence-corrected chi connectivity index (χ2v) is 7.15. The number of carbonyl (C=O) groups excluding carboxylic acids is 1. The smallest absolute Gasteiger partial charge is 0.237 e. The fourth-order valence-electron chi connectivity index (χ4n) is 2.24. The van der Waals surface area contributed by atoms with Crippen LogP contribution in [0.2, 0.25) is 0 Å². The van der Waals surface area contributed by atoms with Gasteiger partial charge in [0.25, 0.3) is 0 Å². The van der Waals surface area contributed by atoms with Crippen molar-refractivity contribution < 1.29 is 13.2 Å². The molecular weight excluding hydrogens is 276 g/mol. The SMILES string of the molecule is CS(=O)(=O)c1ccc(CNC(=O)C2CCCCN2)cc1. The van der Waals surface area contributed by atoms with Gasteiger partial charge in [-0.05, 0) is 37.1 Å². The molecule has 1 fully saturated rings. The molecule has 1 amide bonds. The number of sulfone groups is 1. The highest BCUT2D eigenvalue weighted by Crippen LogP contribution is 2.11. The maximum absolute atomic E-state index is 11.9. The maximum atomic E-state index is 11.9. The van der Waals surface area contributed by atoms with Crippen LogP contribution in [0.1, 0.15) is 24.8 Å². The lowest BCUT2D eigenvalue weighted by Crippen LogP contribution is -2.46. The van der Waals surface area contributed by atoms with E-state index in [1.807, 2.05) is 0 Å². The van der Waals surface area contributed by atoms with Crippen molar-refractivity contribution in [2.45, 2.75) is 36.7 Å². The van der Waals surface area contributed by atoms with Crippen LogP contribution in [-0.4, -0.2) is 33.2 Å². The topological polar surface area (TPSA) is 75.3 Å². The average molecular weight is 296 g/mol. The molecule has 2 rings (SSSR count). The highest BCUT2D eigenvalue weighted by atomic mass is 32.2. The van der Waals surface area contributed by atoms with E-state index in [0.29, 0.717) is 11.4 Å². The average Bonchev–Trinajstić information content (AvgIpc) is 2.45. The van der Waals surface area contributed by atoms with E-state index in [0.717, 1.165) is 31.4 Å². The summed E-state index contributed by atoms with van der Waals surface area (Å²) in [7, 11) is -3.17. The van der Waals surface area contributed by atoms with Gasteiger partial charge >= 0.3 is 0 Å². The summed E-state index contributed by atoms with van der Waals surface area (Å²) in [5, 5.41) is 6.07. The van der Waals surface area contributed by atoms with E-state index in [-0.39, 0.29) is 11.9 Å². The summed E-state index contributed by atoms with van der Waals surface area (Å²) in [6, 6.07) is 6.49. The van der Waals surface area contributed by atoms with Crippen LogP contribution < -0.4 is 10.6 Å². The monoisotopic (exact) mass is 296 g/mol. The van der Waals surface area contributed by atoms with Crippen LogP contribution in [0.3, 0.4) is 0 Å². The van der Waals surface area contributed by atoms with E-state index in [1.54, 1.807) is 24.3 Å². The molecule has 0 aliphatic carbocycles. The van der Waals surface area contributed by atoms with E-state index in [4.69, 9.17) is 0 Å². The van der Waals surface area contributed by atoms with Crippen LogP contribution in [0.25, 0.3) is 0 Å². The van der Waals surface area contributed by atoms with Gasteiger partial charge < -0.3 is 10.6 Å². The Hall–Kier alpha value is -1.40. The minimum Gasteiger partial charge on any atom is -0.351 e. The first-order chi connectivity index (χ1) is 9.47. The lowest BCUT2D eigenvalue weighted by molar-refractivity contribution is -0.123. The third-order valence-corrected chi connectivity index (χ3v) is 4.57. The Morgan fingerprint density at radius 3 is 2.55 bits per heavy atom. The predicted octanol–water partition coefficient (Wildman–Crippen LogP) is 0.848. The minimum atomic E-state index is -3.17. The van der Waals surface area contributed by atoms with Gasteiger partial charge in [-0.1, -0.05) is 18.6 Å². The fraction of sp³-hybridized carbons (Fsp3) is 0.500. The second kappa shape index (κ2) is 6.37. The minimum absolute atomic E-state index is 0.0110. The van der Waals surface area contributed by atoms with Gasteiger partial charge in [-0.3, -0.25) is 4.79 Å². The highest BCUT2D eigenvalue weighted by Gasteiger charge is 2.19. The van der Waals surface area contributed by atoms with Gasteiger partial charge in [0.15, 0.2) is 9.84 Å². The zero-order valence-electron chi connectivity index (χ0n) is 11.6. The number of benzene rings is 1. The summed E-state index contributed by atoms with van der Waals surface area (Å²) in [5.74, 6) is 0.0110. The molecule has 1 atom stereocenters. The van der Waals surface area contributed by atoms with E-state index < -0.39 is 9.84 Å². The van der Waals surface area contributed by atoms with Gasteiger partial charge in [0.1, 0.15) is 0 Å². The molecule has 110 valence electrons. The molecule has 0 radical (unpaired) electrons. The van der Waals surface area contributed by atoms with Crippen molar-refractivity contribution >= 4 is 15.7 Å². The Balaban J connectivity index is 1.89. The molecule has 1 aliphatic rings. The van der Waals surface area contributed by atoms with Crippen molar-refractivity contribution in [2.75, 3.05) is 12.8 Å². The Bertz CT molecular complexity index is 561. The molecule has 5 nitrogen and oxygen atoms in total. The molecule has 20 heavy (non-hydrogen) atoms. The van der Waals surface area contributed by atoms with Crippen molar-refractivity contribution in [1.82, 2.24) is 10.6 Å². The van der Waals surface area contributed by atoms with Crippen molar-refractivity contribution in [3.8, 4) is 0 Å². The summed E-state index contributed by atoms with van der Waals surface area (Å²) in [6.45, 7) is 1.31. The largest absolute Gasteiger partial charge is 0.351 e. The number of nitrogens with one attached hydrogen (secondary N) is 2. The lowest BCUT2D eigenvalue weighted by atomic mass is 10.0. The van der Waals surface area contributed by atoms with Gasteiger partial charge in [-0.15, -0.1) is 0 Å². The Kier molecular flexibility index (Phi) is 4.77. The lowest BCUT2D eigenvalue weighted by Gasteiger charge is -2.22. The van der Waals surface area contributed by atoms with Gasteiger partial charge in [-0.2, -0.15) is 0 Å². The highest BCUT2D eigenvalue weighted by molar-refractivity contribution is 7.90. The van der Waals surface area contributed by atoms with Gasteiger partial charge in [0.05, 0.1) is 10.9 Å². The van der Waals surface area contributed by atoms with Crippen LogP contribution >= 0.6 is 0 Å². The normalized spacial score (nSPS) is 19.6. The van der Waals surface area contributed by atoms with Crippen LogP contribution in [0.5, 0.6) is 0 Å². The van der Waals surface area contributed by atoms with E-state index in [9.17, 15) is 13.2 Å². The number of rotatable bonds is 4. The zero-order chi connectivity index (χ0) is 14.6. The summed E-state index contributed by atoms with van der Waals surface area (Å²) in [4.78, 5) is 12.2. The number of hydrogen-bond donors (Lipinski definition) is 2. The molecule has 1 saturated heterocycles. The van der Waals surface area contributed by atoms with Crippen molar-refractivity contribution in [3.05, 3.63) is 29.8 Å². The third-order valence-electron chi connectivity index (χ3n) is 3.45. The molecule has 1 aromatic rings. The van der Waals surface area contributed by atoms with Gasteiger partial charge in [0, 0.05) is 12.8 Å². The maximum Gasteiger partial charge on any atom is 0.237 e. The van der Waals surface area contributed by atoms with Gasteiger partial charge in [-0.25, -0.2) is 8.42 Å². The second-order valence-electron chi connectivity index (χ2n) is 5.14. The van der Waals surface area contributed by atoms with Crippen molar-refractivity contribution in [2.24, 2.45) is 0 Å². The number of hydrogen-bond acceptors (Lipinski definition) is 4. The summed E-state index contributed by atoms with van der Waals surface area (Å²) in [6.07, 6.45) is 4.25. The third kappa shape index (κ3) is 4.05. The molecule has 0 bridgehead atoms. The molecule has 0 saturated carbocycles. The van der Waals surface area contributed by atoms with Crippen molar-refractivity contribution in [1.29, 1.82) is 0 Å². The molecule has 1 aliphatic heterocycles. The summed E-state index contributed by atoms with van der Waals surface area (Å²) >= 11 is 0. The first kappa shape index (κ1) is 15.0. The Labute approximate surface area is 119 Å². The first-order valence-electron chi connectivity index (χ1n) is 6.77. The Morgan fingerprint density at radius 1 is 1.30 bits per heavy atom.